The Hall–Kier alpha value is -3.09. The molecule has 1 aliphatic rings. The summed E-state index contributed by atoms with van der Waals surface area (Å²) in [5, 5.41) is 2.64. The van der Waals surface area contributed by atoms with Crippen LogP contribution in [0.1, 0.15) is 23.7 Å². The van der Waals surface area contributed by atoms with Crippen LogP contribution in [0.15, 0.2) is 42.5 Å². The average molecular weight is 358 g/mol. The number of carbonyl (C=O) groups excluding carboxylic acids is 3. The number of carbonyl (C=O) groups is 3. The first-order chi connectivity index (χ1) is 12.4. The van der Waals surface area contributed by atoms with Gasteiger partial charge in [-0.25, -0.2) is 8.78 Å². The van der Waals surface area contributed by atoms with Gasteiger partial charge >= 0.3 is 0 Å². The second kappa shape index (κ2) is 7.03. The van der Waals surface area contributed by atoms with Crippen LogP contribution in [0.25, 0.3) is 0 Å². The van der Waals surface area contributed by atoms with Crippen molar-refractivity contribution in [1.82, 2.24) is 0 Å². The average Bonchev–Trinajstić information content (AvgIpc) is 2.97. The summed E-state index contributed by atoms with van der Waals surface area (Å²) in [6, 6.07) is 9.74. The van der Waals surface area contributed by atoms with Crippen molar-refractivity contribution >= 4 is 29.0 Å². The summed E-state index contributed by atoms with van der Waals surface area (Å²) in [5.74, 6) is -3.56. The van der Waals surface area contributed by atoms with Crippen LogP contribution in [-0.4, -0.2) is 24.1 Å². The van der Waals surface area contributed by atoms with Crippen molar-refractivity contribution in [1.29, 1.82) is 0 Å². The number of ketones is 1. The van der Waals surface area contributed by atoms with Crippen molar-refractivity contribution in [3.05, 3.63) is 59.7 Å². The molecule has 0 radical (unpaired) electrons. The lowest BCUT2D eigenvalue weighted by Gasteiger charge is -2.18. The summed E-state index contributed by atoms with van der Waals surface area (Å²) in [7, 11) is 0. The minimum absolute atomic E-state index is 0.116. The summed E-state index contributed by atoms with van der Waals surface area (Å²) in [6.07, 6.45) is -0.147. The Kier molecular flexibility index (Phi) is 4.79. The highest BCUT2D eigenvalue weighted by Crippen LogP contribution is 2.30. The molecule has 0 aromatic heterocycles. The Balaban J connectivity index is 1.75. The van der Waals surface area contributed by atoms with Crippen LogP contribution in [0.4, 0.5) is 20.2 Å². The van der Waals surface area contributed by atoms with Crippen molar-refractivity contribution in [2.75, 3.05) is 16.8 Å². The fourth-order valence-electron chi connectivity index (χ4n) is 2.91. The van der Waals surface area contributed by atoms with Crippen molar-refractivity contribution in [2.24, 2.45) is 5.92 Å². The Morgan fingerprint density at radius 1 is 1.12 bits per heavy atom. The molecule has 2 aromatic carbocycles. The molecular formula is C19H16F2N2O3. The lowest BCUT2D eigenvalue weighted by atomic mass is 10.1. The molecule has 1 N–H and O–H groups in total. The maximum Gasteiger partial charge on any atom is 0.229 e. The number of benzene rings is 2. The Morgan fingerprint density at radius 3 is 2.42 bits per heavy atom. The highest BCUT2D eigenvalue weighted by molar-refractivity contribution is 6.04. The monoisotopic (exact) mass is 358 g/mol. The van der Waals surface area contributed by atoms with E-state index in [2.05, 4.69) is 5.32 Å². The smallest absolute Gasteiger partial charge is 0.229 e. The summed E-state index contributed by atoms with van der Waals surface area (Å²) >= 11 is 0. The van der Waals surface area contributed by atoms with Crippen molar-refractivity contribution < 1.29 is 23.2 Å². The first-order valence-electron chi connectivity index (χ1n) is 8.03. The molecule has 1 atom stereocenters. The third-order valence-electron chi connectivity index (χ3n) is 4.24. The van der Waals surface area contributed by atoms with Crippen molar-refractivity contribution in [2.45, 2.75) is 13.3 Å². The van der Waals surface area contributed by atoms with E-state index in [0.29, 0.717) is 11.3 Å². The lowest BCUT2D eigenvalue weighted by Crippen LogP contribution is -2.29. The van der Waals surface area contributed by atoms with Gasteiger partial charge in [-0.05, 0) is 31.2 Å². The number of hydrogen-bond donors (Lipinski definition) is 1. The van der Waals surface area contributed by atoms with Crippen LogP contribution in [-0.2, 0) is 9.59 Å². The topological polar surface area (TPSA) is 66.5 Å². The quantitative estimate of drug-likeness (QED) is 0.854. The van der Waals surface area contributed by atoms with Gasteiger partial charge in [0.05, 0.1) is 5.92 Å². The summed E-state index contributed by atoms with van der Waals surface area (Å²) < 4.78 is 27.8. The molecule has 0 bridgehead atoms. The molecule has 26 heavy (non-hydrogen) atoms. The Labute approximate surface area is 148 Å². The van der Waals surface area contributed by atoms with E-state index in [-0.39, 0.29) is 18.7 Å². The number of nitrogens with one attached hydrogen (secondary N) is 1. The van der Waals surface area contributed by atoms with E-state index in [1.165, 1.54) is 19.1 Å². The van der Waals surface area contributed by atoms with E-state index in [1.54, 1.807) is 18.2 Å². The molecule has 5 nitrogen and oxygen atoms in total. The molecule has 1 aliphatic heterocycles. The molecule has 3 rings (SSSR count). The first-order valence-corrected chi connectivity index (χ1v) is 8.03. The minimum Gasteiger partial charge on any atom is -0.326 e. The van der Waals surface area contributed by atoms with Gasteiger partial charge in [-0.3, -0.25) is 14.4 Å². The second-order valence-corrected chi connectivity index (χ2v) is 6.10. The highest BCUT2D eigenvalue weighted by atomic mass is 19.1. The van der Waals surface area contributed by atoms with Gasteiger partial charge in [0, 0.05) is 24.2 Å². The molecule has 0 aliphatic carbocycles. The number of anilines is 2. The van der Waals surface area contributed by atoms with Gasteiger partial charge in [-0.2, -0.15) is 0 Å². The molecule has 2 amide bonds. The van der Waals surface area contributed by atoms with Crippen LogP contribution in [0, 0.1) is 17.6 Å². The maximum atomic E-state index is 13.9. The number of para-hydroxylation sites is 1. The maximum absolute atomic E-state index is 13.9. The van der Waals surface area contributed by atoms with Gasteiger partial charge in [-0.15, -0.1) is 0 Å². The van der Waals surface area contributed by atoms with Gasteiger partial charge in [0.1, 0.15) is 17.3 Å². The number of halogens is 2. The zero-order valence-corrected chi connectivity index (χ0v) is 14.0. The number of Topliss-reactive ketones (excluding diaryl/α,β-unsaturated/α-hetero) is 1. The minimum atomic E-state index is -0.853. The number of rotatable bonds is 4. The van der Waals surface area contributed by atoms with Crippen LogP contribution in [0.3, 0.4) is 0 Å². The van der Waals surface area contributed by atoms with E-state index in [4.69, 9.17) is 0 Å². The summed E-state index contributed by atoms with van der Waals surface area (Å²) in [6.45, 7) is 1.30. The number of amides is 2. The molecule has 2 aromatic rings. The predicted octanol–water partition coefficient (Wildman–Crippen LogP) is 3.16. The Bertz CT molecular complexity index is 878. The molecule has 1 heterocycles. The van der Waals surface area contributed by atoms with Crippen LogP contribution >= 0.6 is 0 Å². The molecule has 134 valence electrons. The SMILES string of the molecule is CC(=O)c1cccc(NC(=O)C2CC(=O)N(c3c(F)cccc3F)C2)c1. The molecule has 7 heteroatoms. The Morgan fingerprint density at radius 2 is 1.77 bits per heavy atom. The third-order valence-corrected chi connectivity index (χ3v) is 4.24. The highest BCUT2D eigenvalue weighted by Gasteiger charge is 2.37. The van der Waals surface area contributed by atoms with E-state index >= 15 is 0 Å². The number of hydrogen-bond acceptors (Lipinski definition) is 3. The molecular weight excluding hydrogens is 342 g/mol. The fraction of sp³-hybridized carbons (Fsp3) is 0.211. The van der Waals surface area contributed by atoms with Gasteiger partial charge in [0.15, 0.2) is 5.78 Å². The van der Waals surface area contributed by atoms with Gasteiger partial charge in [0.2, 0.25) is 11.8 Å². The van der Waals surface area contributed by atoms with E-state index in [1.807, 2.05) is 0 Å². The molecule has 0 spiro atoms. The zero-order chi connectivity index (χ0) is 18.8. The summed E-state index contributed by atoms with van der Waals surface area (Å²) in [4.78, 5) is 37.0. The largest absolute Gasteiger partial charge is 0.326 e. The molecule has 1 fully saturated rings. The van der Waals surface area contributed by atoms with Crippen LogP contribution in [0.2, 0.25) is 0 Å². The van der Waals surface area contributed by atoms with Crippen LogP contribution in [0.5, 0.6) is 0 Å². The van der Waals surface area contributed by atoms with Crippen LogP contribution < -0.4 is 10.2 Å². The summed E-state index contributed by atoms with van der Waals surface area (Å²) in [5.41, 5.74) is 0.428. The third kappa shape index (κ3) is 3.46. The van der Waals surface area contributed by atoms with Gasteiger partial charge < -0.3 is 10.2 Å². The number of nitrogens with zero attached hydrogens (tertiary/aromatic N) is 1. The second-order valence-electron chi connectivity index (χ2n) is 6.10. The zero-order valence-electron chi connectivity index (χ0n) is 14.0. The molecule has 0 saturated carbocycles. The molecule has 1 saturated heterocycles. The van der Waals surface area contributed by atoms with Gasteiger partial charge in [-0.1, -0.05) is 18.2 Å². The van der Waals surface area contributed by atoms with Gasteiger partial charge in [0.25, 0.3) is 0 Å². The standard InChI is InChI=1S/C19H16F2N2O3/c1-11(24)12-4-2-5-14(8-12)22-19(26)13-9-17(25)23(10-13)18-15(20)6-3-7-16(18)21/h2-8,13H,9-10H2,1H3,(H,22,26). The lowest BCUT2D eigenvalue weighted by molar-refractivity contribution is -0.122. The normalized spacial score (nSPS) is 16.7. The van der Waals surface area contributed by atoms with E-state index < -0.39 is 35.1 Å². The van der Waals surface area contributed by atoms with Crippen molar-refractivity contribution in [3.63, 3.8) is 0 Å². The fourth-order valence-corrected chi connectivity index (χ4v) is 2.91. The van der Waals surface area contributed by atoms with Crippen molar-refractivity contribution in [3.8, 4) is 0 Å². The van der Waals surface area contributed by atoms with E-state index in [0.717, 1.165) is 17.0 Å². The molecule has 1 unspecified atom stereocenters. The first kappa shape index (κ1) is 17.7. The van der Waals surface area contributed by atoms with E-state index in [9.17, 15) is 23.2 Å². The predicted molar refractivity (Wildman–Crippen MR) is 91.9 cm³/mol.